The second kappa shape index (κ2) is 9.39. The lowest BCUT2D eigenvalue weighted by Gasteiger charge is -2.05. The van der Waals surface area contributed by atoms with E-state index in [9.17, 15) is 4.79 Å². The highest BCUT2D eigenvalue weighted by Crippen LogP contribution is 2.15. The standard InChI is InChI=1S/C22H23ClN4O2/c1-15-4-6-18(7-5-15)13-27-17(3)21(16(2)26-27)12-24-25-22(28)14-29-20-10-8-19(23)9-11-20/h4-12H,13-14H2,1-3H3,(H,25,28)/b24-12-. The van der Waals surface area contributed by atoms with Crippen LogP contribution >= 0.6 is 11.6 Å². The molecule has 0 saturated heterocycles. The largest absolute Gasteiger partial charge is 0.484 e. The fourth-order valence-electron chi connectivity index (χ4n) is 2.80. The molecule has 150 valence electrons. The quantitative estimate of drug-likeness (QED) is 0.472. The summed E-state index contributed by atoms with van der Waals surface area (Å²) in [4.78, 5) is 11.9. The maximum Gasteiger partial charge on any atom is 0.277 e. The maximum atomic E-state index is 11.9. The van der Waals surface area contributed by atoms with E-state index in [1.807, 2.05) is 18.5 Å². The van der Waals surface area contributed by atoms with Crippen molar-refractivity contribution < 1.29 is 9.53 Å². The van der Waals surface area contributed by atoms with Crippen molar-refractivity contribution in [2.75, 3.05) is 6.61 Å². The van der Waals surface area contributed by atoms with Gasteiger partial charge in [-0.2, -0.15) is 10.2 Å². The van der Waals surface area contributed by atoms with Gasteiger partial charge in [0.05, 0.1) is 18.5 Å². The number of hydrogen-bond acceptors (Lipinski definition) is 4. The minimum absolute atomic E-state index is 0.135. The van der Waals surface area contributed by atoms with Gasteiger partial charge in [0.15, 0.2) is 6.61 Å². The van der Waals surface area contributed by atoms with Gasteiger partial charge in [0.25, 0.3) is 5.91 Å². The fraction of sp³-hybridized carbons (Fsp3) is 0.227. The maximum absolute atomic E-state index is 11.9. The van der Waals surface area contributed by atoms with E-state index in [1.54, 1.807) is 30.5 Å². The van der Waals surface area contributed by atoms with Gasteiger partial charge in [-0.15, -0.1) is 0 Å². The summed E-state index contributed by atoms with van der Waals surface area (Å²) >= 11 is 5.82. The predicted octanol–water partition coefficient (Wildman–Crippen LogP) is 4.04. The second-order valence-corrected chi connectivity index (χ2v) is 7.20. The Kier molecular flexibility index (Phi) is 6.67. The molecule has 0 aliphatic rings. The number of nitrogens with zero attached hydrogens (tertiary/aromatic N) is 3. The summed E-state index contributed by atoms with van der Waals surface area (Å²) in [6.07, 6.45) is 1.61. The summed E-state index contributed by atoms with van der Waals surface area (Å²) in [6, 6.07) is 15.2. The number of carbonyl (C=O) groups excluding carboxylic acids is 1. The summed E-state index contributed by atoms with van der Waals surface area (Å²) < 4.78 is 7.33. The van der Waals surface area contributed by atoms with Gasteiger partial charge in [-0.25, -0.2) is 5.43 Å². The molecule has 6 nitrogen and oxygen atoms in total. The summed E-state index contributed by atoms with van der Waals surface area (Å²) in [5.74, 6) is 0.219. The molecule has 0 spiro atoms. The molecule has 1 N–H and O–H groups in total. The van der Waals surface area contributed by atoms with E-state index in [4.69, 9.17) is 16.3 Å². The molecule has 1 heterocycles. The number of halogens is 1. The van der Waals surface area contributed by atoms with E-state index in [0.717, 1.165) is 17.0 Å². The lowest BCUT2D eigenvalue weighted by molar-refractivity contribution is -0.123. The minimum Gasteiger partial charge on any atom is -0.484 e. The van der Waals surface area contributed by atoms with E-state index in [2.05, 4.69) is 46.8 Å². The molecule has 2 aromatic carbocycles. The van der Waals surface area contributed by atoms with Crippen molar-refractivity contribution in [2.45, 2.75) is 27.3 Å². The Bertz CT molecular complexity index is 1010. The van der Waals surface area contributed by atoms with E-state index < -0.39 is 0 Å². The van der Waals surface area contributed by atoms with Crippen molar-refractivity contribution in [3.63, 3.8) is 0 Å². The van der Waals surface area contributed by atoms with E-state index in [1.165, 1.54) is 11.1 Å². The second-order valence-electron chi connectivity index (χ2n) is 6.76. The molecule has 29 heavy (non-hydrogen) atoms. The lowest BCUT2D eigenvalue weighted by atomic mass is 10.1. The average Bonchev–Trinajstić information content (AvgIpc) is 2.96. The zero-order chi connectivity index (χ0) is 20.8. The summed E-state index contributed by atoms with van der Waals surface area (Å²) in [5, 5.41) is 9.24. The van der Waals surface area contributed by atoms with Crippen LogP contribution in [0.25, 0.3) is 0 Å². The monoisotopic (exact) mass is 410 g/mol. The highest BCUT2D eigenvalue weighted by Gasteiger charge is 2.10. The normalized spacial score (nSPS) is 11.0. The number of carbonyl (C=O) groups is 1. The molecule has 1 amide bonds. The van der Waals surface area contributed by atoms with Crippen LogP contribution in [0, 0.1) is 20.8 Å². The van der Waals surface area contributed by atoms with Crippen LogP contribution in [0.3, 0.4) is 0 Å². The van der Waals surface area contributed by atoms with Crippen LogP contribution in [-0.4, -0.2) is 28.5 Å². The van der Waals surface area contributed by atoms with Crippen molar-refractivity contribution in [1.29, 1.82) is 0 Å². The number of aryl methyl sites for hydroxylation is 2. The Balaban J connectivity index is 1.57. The smallest absolute Gasteiger partial charge is 0.277 e. The van der Waals surface area contributed by atoms with Gasteiger partial charge in [0.1, 0.15) is 5.75 Å². The molecule has 0 fully saturated rings. The molecule has 7 heteroatoms. The molecule has 3 aromatic rings. The van der Waals surface area contributed by atoms with Gasteiger partial charge in [0.2, 0.25) is 0 Å². The van der Waals surface area contributed by atoms with Crippen LogP contribution in [0.4, 0.5) is 0 Å². The Labute approximate surface area is 175 Å². The molecule has 3 rings (SSSR count). The topological polar surface area (TPSA) is 68.5 Å². The van der Waals surface area contributed by atoms with Crippen LogP contribution in [-0.2, 0) is 11.3 Å². The van der Waals surface area contributed by atoms with Gasteiger partial charge in [-0.1, -0.05) is 41.4 Å². The number of amides is 1. The third-order valence-corrected chi connectivity index (χ3v) is 4.71. The van der Waals surface area contributed by atoms with Crippen LogP contribution < -0.4 is 10.2 Å². The first-order valence-electron chi connectivity index (χ1n) is 9.22. The first-order chi connectivity index (χ1) is 13.9. The molecule has 0 saturated carbocycles. The predicted molar refractivity (Wildman–Crippen MR) is 115 cm³/mol. The fourth-order valence-corrected chi connectivity index (χ4v) is 2.92. The summed E-state index contributed by atoms with van der Waals surface area (Å²) in [7, 11) is 0. The highest BCUT2D eigenvalue weighted by atomic mass is 35.5. The number of ether oxygens (including phenoxy) is 1. The molecule has 0 aliphatic carbocycles. The number of nitrogens with one attached hydrogen (secondary N) is 1. The number of hydrogen-bond donors (Lipinski definition) is 1. The van der Waals surface area contributed by atoms with Crippen LogP contribution in [0.5, 0.6) is 5.75 Å². The molecular weight excluding hydrogens is 388 g/mol. The Morgan fingerprint density at radius 1 is 1.14 bits per heavy atom. The molecular formula is C22H23ClN4O2. The SMILES string of the molecule is Cc1ccc(Cn2nc(C)c(/C=N\NC(=O)COc3ccc(Cl)cc3)c2C)cc1. The molecule has 1 aromatic heterocycles. The zero-order valence-corrected chi connectivity index (χ0v) is 17.4. The zero-order valence-electron chi connectivity index (χ0n) is 16.6. The van der Waals surface area contributed by atoms with Crippen LogP contribution in [0.15, 0.2) is 53.6 Å². The molecule has 0 unspecified atom stereocenters. The van der Waals surface area contributed by atoms with Crippen LogP contribution in [0.1, 0.15) is 28.1 Å². The number of aromatic nitrogens is 2. The van der Waals surface area contributed by atoms with Crippen molar-refractivity contribution in [1.82, 2.24) is 15.2 Å². The number of benzene rings is 2. The first-order valence-corrected chi connectivity index (χ1v) is 9.60. The Hall–Kier alpha value is -3.12. The first kappa shape index (κ1) is 20.6. The van der Waals surface area contributed by atoms with Gasteiger partial charge in [-0.05, 0) is 50.6 Å². The van der Waals surface area contributed by atoms with E-state index in [0.29, 0.717) is 17.3 Å². The van der Waals surface area contributed by atoms with Gasteiger partial charge in [-0.3, -0.25) is 9.48 Å². The van der Waals surface area contributed by atoms with E-state index in [-0.39, 0.29) is 12.5 Å². The lowest BCUT2D eigenvalue weighted by Crippen LogP contribution is -2.24. The van der Waals surface area contributed by atoms with Crippen molar-refractivity contribution >= 4 is 23.7 Å². The minimum atomic E-state index is -0.349. The van der Waals surface area contributed by atoms with Gasteiger partial charge < -0.3 is 4.74 Å². The molecule has 0 atom stereocenters. The number of hydrazone groups is 1. The average molecular weight is 411 g/mol. The van der Waals surface area contributed by atoms with Crippen LogP contribution in [0.2, 0.25) is 5.02 Å². The summed E-state index contributed by atoms with van der Waals surface area (Å²) in [6.45, 7) is 6.52. The Morgan fingerprint density at radius 2 is 1.83 bits per heavy atom. The van der Waals surface area contributed by atoms with Crippen molar-refractivity contribution in [3.05, 3.63) is 81.6 Å². The van der Waals surface area contributed by atoms with Gasteiger partial charge >= 0.3 is 0 Å². The Morgan fingerprint density at radius 3 is 2.52 bits per heavy atom. The third-order valence-electron chi connectivity index (χ3n) is 4.46. The number of rotatable bonds is 7. The third kappa shape index (κ3) is 5.68. The highest BCUT2D eigenvalue weighted by molar-refractivity contribution is 6.30. The molecule has 0 radical (unpaired) electrons. The van der Waals surface area contributed by atoms with Crippen molar-refractivity contribution in [2.24, 2.45) is 5.10 Å². The summed E-state index contributed by atoms with van der Waals surface area (Å²) in [5.41, 5.74) is 7.60. The molecule has 0 bridgehead atoms. The van der Waals surface area contributed by atoms with Crippen molar-refractivity contribution in [3.8, 4) is 5.75 Å². The van der Waals surface area contributed by atoms with Gasteiger partial charge in [0, 0.05) is 16.3 Å². The van der Waals surface area contributed by atoms with E-state index >= 15 is 0 Å². The molecule has 0 aliphatic heterocycles.